The van der Waals surface area contributed by atoms with Gasteiger partial charge in [-0.15, -0.1) is 0 Å². The average Bonchev–Trinajstić information content (AvgIpc) is 2.90. The highest BCUT2D eigenvalue weighted by Gasteiger charge is 2.26. The van der Waals surface area contributed by atoms with Gasteiger partial charge in [0.05, 0.1) is 30.3 Å². The van der Waals surface area contributed by atoms with Crippen LogP contribution in [0.15, 0.2) is 5.57 Å². The predicted molar refractivity (Wildman–Crippen MR) is 78.5 cm³/mol. The van der Waals surface area contributed by atoms with Crippen LogP contribution in [-0.2, 0) is 16.0 Å². The number of rotatable bonds is 3. The lowest BCUT2D eigenvalue weighted by Gasteiger charge is -2.30. The topological polar surface area (TPSA) is 75.5 Å². The van der Waals surface area contributed by atoms with Gasteiger partial charge < -0.3 is 14.7 Å². The summed E-state index contributed by atoms with van der Waals surface area (Å²) in [5.74, 6) is 0.226. The molecule has 1 aromatic rings. The van der Waals surface area contributed by atoms with E-state index in [0.717, 1.165) is 30.3 Å². The summed E-state index contributed by atoms with van der Waals surface area (Å²) >= 11 is 0. The zero-order chi connectivity index (χ0) is 15.0. The number of anilines is 1. The third kappa shape index (κ3) is 2.63. The second-order valence-corrected chi connectivity index (χ2v) is 5.67. The van der Waals surface area contributed by atoms with Gasteiger partial charge in [0.1, 0.15) is 0 Å². The van der Waals surface area contributed by atoms with Gasteiger partial charge in [0.15, 0.2) is 5.82 Å². The van der Waals surface area contributed by atoms with Crippen molar-refractivity contribution < 1.29 is 14.6 Å². The molecule has 1 aromatic heterocycles. The van der Waals surface area contributed by atoms with Crippen LogP contribution in [0.4, 0.5) is 5.82 Å². The number of fused-ring (bicyclic) bond motifs is 1. The van der Waals surface area contributed by atoms with Gasteiger partial charge in [-0.3, -0.25) is 0 Å². The van der Waals surface area contributed by atoms with Crippen LogP contribution in [0.5, 0.6) is 0 Å². The summed E-state index contributed by atoms with van der Waals surface area (Å²) in [6.45, 7) is 7.14. The third-order valence-corrected chi connectivity index (χ3v) is 3.81. The summed E-state index contributed by atoms with van der Waals surface area (Å²) in [7, 11) is 0. The zero-order valence-electron chi connectivity index (χ0n) is 12.3. The van der Waals surface area contributed by atoms with Gasteiger partial charge in [0, 0.05) is 25.1 Å². The van der Waals surface area contributed by atoms with Gasteiger partial charge in [-0.1, -0.05) is 13.8 Å². The first-order valence-corrected chi connectivity index (χ1v) is 7.23. The van der Waals surface area contributed by atoms with Crippen LogP contribution in [0.3, 0.4) is 0 Å². The Morgan fingerprint density at radius 1 is 1.33 bits per heavy atom. The van der Waals surface area contributed by atoms with Crippen molar-refractivity contribution in [2.24, 2.45) is 0 Å². The number of ether oxygens (including phenoxy) is 1. The number of morpholine rings is 1. The van der Waals surface area contributed by atoms with Crippen molar-refractivity contribution in [3.63, 3.8) is 0 Å². The molecular formula is C15H19N3O3. The van der Waals surface area contributed by atoms with E-state index in [9.17, 15) is 4.79 Å². The fourth-order valence-electron chi connectivity index (χ4n) is 2.66. The minimum Gasteiger partial charge on any atom is -0.478 e. The highest BCUT2D eigenvalue weighted by molar-refractivity contribution is 5.94. The molecule has 6 heteroatoms. The number of nitrogens with zero attached hydrogens (tertiary/aromatic N) is 3. The first kappa shape index (κ1) is 14.0. The average molecular weight is 289 g/mol. The summed E-state index contributed by atoms with van der Waals surface area (Å²) in [5.41, 5.74) is 2.75. The highest BCUT2D eigenvalue weighted by Crippen LogP contribution is 2.30. The Morgan fingerprint density at radius 2 is 2.05 bits per heavy atom. The summed E-state index contributed by atoms with van der Waals surface area (Å²) in [6.07, 6.45) is 1.99. The molecule has 1 aliphatic heterocycles. The molecule has 2 heterocycles. The van der Waals surface area contributed by atoms with Gasteiger partial charge in [-0.2, -0.15) is 0 Å². The van der Waals surface area contributed by atoms with Gasteiger partial charge in [0.2, 0.25) is 0 Å². The van der Waals surface area contributed by atoms with Crippen molar-refractivity contribution in [3.8, 4) is 0 Å². The molecule has 0 aromatic carbocycles. The Kier molecular flexibility index (Phi) is 3.63. The van der Waals surface area contributed by atoms with Gasteiger partial charge in [-0.25, -0.2) is 14.8 Å². The van der Waals surface area contributed by atoms with E-state index < -0.39 is 5.97 Å². The minimum atomic E-state index is -0.895. The molecule has 1 fully saturated rings. The van der Waals surface area contributed by atoms with Gasteiger partial charge >= 0.3 is 5.97 Å². The molecule has 0 unspecified atom stereocenters. The molecule has 0 bridgehead atoms. The number of carboxylic acids is 1. The van der Waals surface area contributed by atoms with Crippen molar-refractivity contribution in [1.82, 2.24) is 9.97 Å². The summed E-state index contributed by atoms with van der Waals surface area (Å²) < 4.78 is 5.38. The lowest BCUT2D eigenvalue weighted by Crippen LogP contribution is -2.38. The maximum absolute atomic E-state index is 11.1. The lowest BCUT2D eigenvalue weighted by atomic mass is 10.1. The van der Waals surface area contributed by atoms with Crippen molar-refractivity contribution in [2.45, 2.75) is 26.2 Å². The molecule has 1 aliphatic carbocycles. The van der Waals surface area contributed by atoms with Crippen LogP contribution in [0.2, 0.25) is 0 Å². The van der Waals surface area contributed by atoms with Gasteiger partial charge in [-0.05, 0) is 12.0 Å². The molecule has 0 saturated carbocycles. The zero-order valence-corrected chi connectivity index (χ0v) is 12.3. The number of carbonyl (C=O) groups is 1. The molecule has 2 aliphatic rings. The third-order valence-electron chi connectivity index (χ3n) is 3.81. The number of aliphatic carboxylic acids is 1. The Morgan fingerprint density at radius 3 is 2.67 bits per heavy atom. The molecule has 1 saturated heterocycles. The number of aromatic nitrogens is 2. The number of hydrogen-bond donors (Lipinski definition) is 1. The Bertz CT molecular complexity index is 604. The highest BCUT2D eigenvalue weighted by atomic mass is 16.5. The minimum absolute atomic E-state index is 0.239. The van der Waals surface area contributed by atoms with Crippen LogP contribution in [-0.4, -0.2) is 47.3 Å². The van der Waals surface area contributed by atoms with Crippen molar-refractivity contribution in [2.75, 3.05) is 31.2 Å². The molecule has 1 N–H and O–H groups in total. The van der Waals surface area contributed by atoms with E-state index in [-0.39, 0.29) is 5.92 Å². The van der Waals surface area contributed by atoms with Crippen LogP contribution >= 0.6 is 0 Å². The van der Waals surface area contributed by atoms with Crippen LogP contribution in [0, 0.1) is 0 Å². The van der Waals surface area contributed by atoms with Crippen LogP contribution < -0.4 is 4.90 Å². The van der Waals surface area contributed by atoms with E-state index in [2.05, 4.69) is 23.7 Å². The number of carboxylic acid groups (broad SMARTS) is 1. The number of hydrogen-bond acceptors (Lipinski definition) is 5. The Hall–Kier alpha value is -1.95. The van der Waals surface area contributed by atoms with E-state index in [1.54, 1.807) is 6.08 Å². The fourth-order valence-corrected chi connectivity index (χ4v) is 2.66. The largest absolute Gasteiger partial charge is 0.478 e. The maximum Gasteiger partial charge on any atom is 0.332 e. The van der Waals surface area contributed by atoms with Crippen molar-refractivity contribution in [1.29, 1.82) is 0 Å². The predicted octanol–water partition coefficient (Wildman–Crippen LogP) is 1.46. The van der Waals surface area contributed by atoms with Crippen molar-refractivity contribution in [3.05, 3.63) is 22.7 Å². The van der Waals surface area contributed by atoms with Crippen LogP contribution in [0.25, 0.3) is 6.08 Å². The fraction of sp³-hybridized carbons (Fsp3) is 0.533. The normalized spacial score (nSPS) is 17.9. The van der Waals surface area contributed by atoms with E-state index in [1.165, 1.54) is 0 Å². The summed E-state index contributed by atoms with van der Waals surface area (Å²) in [5, 5.41) is 9.13. The Labute approximate surface area is 123 Å². The molecule has 21 heavy (non-hydrogen) atoms. The monoisotopic (exact) mass is 289 g/mol. The molecule has 0 amide bonds. The molecule has 112 valence electrons. The molecule has 3 rings (SSSR count). The van der Waals surface area contributed by atoms with Crippen molar-refractivity contribution >= 4 is 17.9 Å². The Balaban J connectivity index is 2.00. The molecule has 0 radical (unpaired) electrons. The van der Waals surface area contributed by atoms with E-state index in [0.29, 0.717) is 30.9 Å². The van der Waals surface area contributed by atoms with E-state index in [1.807, 2.05) is 0 Å². The second-order valence-electron chi connectivity index (χ2n) is 5.67. The lowest BCUT2D eigenvalue weighted by molar-refractivity contribution is -0.132. The van der Waals surface area contributed by atoms with Crippen LogP contribution in [0.1, 0.15) is 36.8 Å². The van der Waals surface area contributed by atoms with Gasteiger partial charge in [0.25, 0.3) is 0 Å². The first-order chi connectivity index (χ1) is 10.1. The molecule has 0 atom stereocenters. The first-order valence-electron chi connectivity index (χ1n) is 7.23. The summed E-state index contributed by atoms with van der Waals surface area (Å²) in [4.78, 5) is 22.7. The smallest absolute Gasteiger partial charge is 0.332 e. The molecule has 6 nitrogen and oxygen atoms in total. The summed E-state index contributed by atoms with van der Waals surface area (Å²) in [6, 6.07) is 0. The maximum atomic E-state index is 11.1. The van der Waals surface area contributed by atoms with E-state index >= 15 is 0 Å². The standard InChI is InChI=1S/C15H19N3O3/c1-9(2)13-14(18-3-5-21-6-4-18)17-12-8-10(15(19)20)7-11(12)16-13/h7,9H,3-6,8H2,1-2H3,(H,19,20). The second kappa shape index (κ2) is 5.44. The SMILES string of the molecule is CC(C)c1nc2c(nc1N1CCOCC1)CC(C(=O)O)=C2. The molecule has 0 spiro atoms. The quantitative estimate of drug-likeness (QED) is 0.908. The molecular weight excluding hydrogens is 270 g/mol. The van der Waals surface area contributed by atoms with E-state index in [4.69, 9.17) is 14.8 Å².